The Hall–Kier alpha value is -0.0800. The van der Waals surface area contributed by atoms with E-state index in [9.17, 15) is 0 Å². The van der Waals surface area contributed by atoms with E-state index in [0.29, 0.717) is 0 Å². The smallest absolute Gasteiger partial charge is 0.00205 e. The predicted octanol–water partition coefficient (Wildman–Crippen LogP) is 2.68. The Bertz CT molecular complexity index is 130. The quantitative estimate of drug-likeness (QED) is 0.607. The average Bonchev–Trinajstić information content (AvgIpc) is 2.29. The van der Waals surface area contributed by atoms with Crippen molar-refractivity contribution in [2.75, 3.05) is 19.6 Å². The summed E-state index contributed by atoms with van der Waals surface area (Å²) < 4.78 is 0. The van der Waals surface area contributed by atoms with Crippen molar-refractivity contribution in [1.29, 1.82) is 0 Å². The van der Waals surface area contributed by atoms with Gasteiger partial charge in [0.1, 0.15) is 0 Å². The second kappa shape index (κ2) is 9.17. The zero-order valence-corrected chi connectivity index (χ0v) is 10.1. The molecule has 0 spiro atoms. The van der Waals surface area contributed by atoms with Gasteiger partial charge in [-0.05, 0) is 51.2 Å². The lowest BCUT2D eigenvalue weighted by atomic mass is 9.89. The van der Waals surface area contributed by atoms with Gasteiger partial charge in [0.25, 0.3) is 0 Å². The fourth-order valence-corrected chi connectivity index (χ4v) is 2.45. The van der Waals surface area contributed by atoms with Crippen molar-refractivity contribution in [2.45, 2.75) is 57.8 Å². The number of hydrogen-bond donors (Lipinski definition) is 2. The maximum atomic E-state index is 5.45. The summed E-state index contributed by atoms with van der Waals surface area (Å²) in [5.41, 5.74) is 5.45. The van der Waals surface area contributed by atoms with E-state index in [4.69, 9.17) is 5.73 Å². The first-order chi connectivity index (χ1) is 7.43. The Kier molecular flexibility index (Phi) is 7.94. The molecular weight excluding hydrogens is 184 g/mol. The first kappa shape index (κ1) is 13.0. The maximum absolute atomic E-state index is 5.45. The molecule has 1 fully saturated rings. The molecule has 3 N–H and O–H groups in total. The SMILES string of the molecule is NCCCCCCNCC1CCCCC1. The molecule has 0 unspecified atom stereocenters. The van der Waals surface area contributed by atoms with Crippen LogP contribution in [0.3, 0.4) is 0 Å². The Morgan fingerprint density at radius 2 is 1.67 bits per heavy atom. The molecule has 0 heterocycles. The van der Waals surface area contributed by atoms with Gasteiger partial charge in [-0.1, -0.05) is 32.1 Å². The molecule has 0 aliphatic heterocycles. The van der Waals surface area contributed by atoms with Crippen molar-refractivity contribution in [2.24, 2.45) is 11.7 Å². The van der Waals surface area contributed by atoms with E-state index in [1.165, 1.54) is 70.9 Å². The molecule has 0 atom stereocenters. The zero-order valence-electron chi connectivity index (χ0n) is 10.1. The molecular formula is C13H28N2. The molecule has 90 valence electrons. The van der Waals surface area contributed by atoms with Crippen LogP contribution >= 0.6 is 0 Å². The third-order valence-corrected chi connectivity index (χ3v) is 3.47. The van der Waals surface area contributed by atoms with E-state index in [2.05, 4.69) is 5.32 Å². The van der Waals surface area contributed by atoms with Crippen LogP contribution in [0.5, 0.6) is 0 Å². The summed E-state index contributed by atoms with van der Waals surface area (Å²) in [4.78, 5) is 0. The van der Waals surface area contributed by atoms with Gasteiger partial charge in [-0.2, -0.15) is 0 Å². The van der Waals surface area contributed by atoms with E-state index < -0.39 is 0 Å². The lowest BCUT2D eigenvalue weighted by Crippen LogP contribution is -2.25. The summed E-state index contributed by atoms with van der Waals surface area (Å²) in [6.45, 7) is 3.33. The van der Waals surface area contributed by atoms with Crippen LogP contribution in [0.2, 0.25) is 0 Å². The number of nitrogens with one attached hydrogen (secondary N) is 1. The van der Waals surface area contributed by atoms with E-state index in [1.54, 1.807) is 0 Å². The molecule has 1 aliphatic carbocycles. The molecule has 0 aromatic carbocycles. The van der Waals surface area contributed by atoms with Crippen molar-refractivity contribution in [3.05, 3.63) is 0 Å². The summed E-state index contributed by atoms with van der Waals surface area (Å²) >= 11 is 0. The minimum absolute atomic E-state index is 0.857. The number of hydrogen-bond acceptors (Lipinski definition) is 2. The summed E-state index contributed by atoms with van der Waals surface area (Å²) in [5.74, 6) is 0.975. The van der Waals surface area contributed by atoms with Crippen LogP contribution in [0, 0.1) is 5.92 Å². The van der Waals surface area contributed by atoms with Gasteiger partial charge < -0.3 is 11.1 Å². The Balaban J connectivity index is 1.79. The van der Waals surface area contributed by atoms with Gasteiger partial charge in [0, 0.05) is 0 Å². The topological polar surface area (TPSA) is 38.0 Å². The van der Waals surface area contributed by atoms with Crippen LogP contribution in [0.4, 0.5) is 0 Å². The van der Waals surface area contributed by atoms with Crippen LogP contribution in [-0.4, -0.2) is 19.6 Å². The molecule has 1 aliphatic rings. The van der Waals surface area contributed by atoms with Gasteiger partial charge in [-0.25, -0.2) is 0 Å². The number of nitrogens with two attached hydrogens (primary N) is 1. The molecule has 2 nitrogen and oxygen atoms in total. The van der Waals surface area contributed by atoms with Crippen LogP contribution in [0.1, 0.15) is 57.8 Å². The lowest BCUT2D eigenvalue weighted by Gasteiger charge is -2.21. The molecule has 15 heavy (non-hydrogen) atoms. The zero-order chi connectivity index (χ0) is 10.8. The summed E-state index contributed by atoms with van der Waals surface area (Å²) in [6, 6.07) is 0. The van der Waals surface area contributed by atoms with E-state index in [-0.39, 0.29) is 0 Å². The van der Waals surface area contributed by atoms with Crippen LogP contribution < -0.4 is 11.1 Å². The Morgan fingerprint density at radius 3 is 2.40 bits per heavy atom. The van der Waals surface area contributed by atoms with E-state index >= 15 is 0 Å². The molecule has 1 rings (SSSR count). The average molecular weight is 212 g/mol. The molecule has 0 amide bonds. The van der Waals surface area contributed by atoms with Gasteiger partial charge >= 0.3 is 0 Å². The first-order valence-electron chi connectivity index (χ1n) is 6.84. The van der Waals surface area contributed by atoms with Gasteiger partial charge in [-0.15, -0.1) is 0 Å². The second-order valence-corrected chi connectivity index (χ2v) is 4.91. The highest BCUT2D eigenvalue weighted by molar-refractivity contribution is 4.67. The molecule has 1 saturated carbocycles. The summed E-state index contributed by atoms with van der Waals surface area (Å²) in [5, 5.41) is 3.60. The lowest BCUT2D eigenvalue weighted by molar-refractivity contribution is 0.341. The van der Waals surface area contributed by atoms with Crippen LogP contribution in [0.25, 0.3) is 0 Å². The summed E-state index contributed by atoms with van der Waals surface area (Å²) in [7, 11) is 0. The van der Waals surface area contributed by atoms with Crippen molar-refractivity contribution in [3.8, 4) is 0 Å². The van der Waals surface area contributed by atoms with Crippen molar-refractivity contribution < 1.29 is 0 Å². The normalized spacial score (nSPS) is 18.2. The Labute approximate surface area is 95.0 Å². The van der Waals surface area contributed by atoms with E-state index in [0.717, 1.165) is 12.5 Å². The van der Waals surface area contributed by atoms with Crippen molar-refractivity contribution in [3.63, 3.8) is 0 Å². The summed E-state index contributed by atoms with van der Waals surface area (Å²) in [6.07, 6.45) is 12.5. The highest BCUT2D eigenvalue weighted by Crippen LogP contribution is 2.22. The number of rotatable bonds is 8. The van der Waals surface area contributed by atoms with Gasteiger partial charge in [0.15, 0.2) is 0 Å². The fraction of sp³-hybridized carbons (Fsp3) is 1.00. The highest BCUT2D eigenvalue weighted by atomic mass is 14.9. The second-order valence-electron chi connectivity index (χ2n) is 4.91. The van der Waals surface area contributed by atoms with Crippen molar-refractivity contribution >= 4 is 0 Å². The van der Waals surface area contributed by atoms with Gasteiger partial charge in [0.2, 0.25) is 0 Å². The maximum Gasteiger partial charge on any atom is -0.00205 e. The monoisotopic (exact) mass is 212 g/mol. The molecule has 0 aromatic heterocycles. The minimum Gasteiger partial charge on any atom is -0.330 e. The third kappa shape index (κ3) is 6.91. The van der Waals surface area contributed by atoms with Crippen molar-refractivity contribution in [1.82, 2.24) is 5.32 Å². The number of unbranched alkanes of at least 4 members (excludes halogenated alkanes) is 3. The molecule has 2 heteroatoms. The van der Waals surface area contributed by atoms with Gasteiger partial charge in [-0.3, -0.25) is 0 Å². The van der Waals surface area contributed by atoms with Crippen LogP contribution in [0.15, 0.2) is 0 Å². The molecule has 0 saturated heterocycles. The minimum atomic E-state index is 0.857. The standard InChI is InChI=1S/C13H28N2/c14-10-6-1-2-7-11-15-12-13-8-4-3-5-9-13/h13,15H,1-12,14H2. The Morgan fingerprint density at radius 1 is 0.933 bits per heavy atom. The highest BCUT2D eigenvalue weighted by Gasteiger charge is 2.11. The molecule has 0 radical (unpaired) electrons. The van der Waals surface area contributed by atoms with Crippen LogP contribution in [-0.2, 0) is 0 Å². The molecule has 0 bridgehead atoms. The van der Waals surface area contributed by atoms with Gasteiger partial charge in [0.05, 0.1) is 0 Å². The fourth-order valence-electron chi connectivity index (χ4n) is 2.45. The third-order valence-electron chi connectivity index (χ3n) is 3.47. The molecule has 0 aromatic rings. The van der Waals surface area contributed by atoms with E-state index in [1.807, 2.05) is 0 Å². The largest absolute Gasteiger partial charge is 0.330 e. The predicted molar refractivity (Wildman–Crippen MR) is 67.0 cm³/mol. The first-order valence-corrected chi connectivity index (χ1v) is 6.84.